The molecule has 188 valence electrons. The van der Waals surface area contributed by atoms with Gasteiger partial charge in [-0.15, -0.1) is 0 Å². The monoisotopic (exact) mass is 495 g/mol. The molecule has 0 aromatic heterocycles. The Morgan fingerprint density at radius 2 is 1.42 bits per heavy atom. The summed E-state index contributed by atoms with van der Waals surface area (Å²) in [4.78, 5) is 29.2. The molecule has 3 aromatic rings. The first kappa shape index (κ1) is 25.5. The number of aromatic hydroxyl groups is 2. The van der Waals surface area contributed by atoms with Crippen molar-refractivity contribution in [3.8, 4) is 11.5 Å². The zero-order valence-corrected chi connectivity index (χ0v) is 19.7. The molecule has 1 fully saturated rings. The van der Waals surface area contributed by atoms with E-state index >= 15 is 8.78 Å². The molecule has 1 heterocycles. The number of carbonyl (C=O) groups excluding carboxylic acids is 2. The second-order valence-electron chi connectivity index (χ2n) is 9.14. The minimum atomic E-state index is -1.16. The summed E-state index contributed by atoms with van der Waals surface area (Å²) in [5, 5.41) is 29.4. The number of Topliss-reactive ketones (excluding diaryl/α,β-unsaturated/α-hetero) is 2. The summed E-state index contributed by atoms with van der Waals surface area (Å²) >= 11 is 0. The number of phenols is 2. The van der Waals surface area contributed by atoms with Crippen molar-refractivity contribution >= 4 is 11.6 Å². The van der Waals surface area contributed by atoms with E-state index in [0.29, 0.717) is 0 Å². The highest BCUT2D eigenvalue weighted by Gasteiger charge is 2.47. The number of halogens is 2. The Hall–Kier alpha value is -3.62. The van der Waals surface area contributed by atoms with Crippen LogP contribution in [0.25, 0.3) is 0 Å². The van der Waals surface area contributed by atoms with Gasteiger partial charge in [-0.05, 0) is 42.8 Å². The standard InChI is InChI=1S/C28H27F2NO5/c1-16-8-9-23(29)25(26(16)30)24-21(27(35)17-4-2-6-19(33)12-17)14-31(10-11-32)15-22(24)28(36)18-5-3-7-20(34)13-18/h2-9,12-13,21-22,24,32-34H,10-11,14-15H2,1H3. The molecule has 4 rings (SSSR count). The topological polar surface area (TPSA) is 98.1 Å². The predicted octanol–water partition coefficient (Wildman–Crippen LogP) is 4.07. The van der Waals surface area contributed by atoms with Crippen LogP contribution in [0.1, 0.15) is 37.8 Å². The number of nitrogens with zero attached hydrogens (tertiary/aromatic N) is 1. The third-order valence-electron chi connectivity index (χ3n) is 6.78. The molecule has 6 nitrogen and oxygen atoms in total. The van der Waals surface area contributed by atoms with E-state index in [2.05, 4.69) is 0 Å². The van der Waals surface area contributed by atoms with Crippen molar-refractivity contribution in [1.29, 1.82) is 0 Å². The summed E-state index contributed by atoms with van der Waals surface area (Å²) in [7, 11) is 0. The van der Waals surface area contributed by atoms with E-state index in [1.54, 1.807) is 4.90 Å². The summed E-state index contributed by atoms with van der Waals surface area (Å²) in [6.45, 7) is 1.50. The summed E-state index contributed by atoms with van der Waals surface area (Å²) in [6.07, 6.45) is 0. The fraction of sp³-hybridized carbons (Fsp3) is 0.286. The first-order chi connectivity index (χ1) is 17.2. The molecule has 2 unspecified atom stereocenters. The van der Waals surface area contributed by atoms with Gasteiger partial charge in [0.2, 0.25) is 0 Å². The number of β-amino-alcohol motifs (C(OH)–C–C–N with tert-alkyl or cyclic N) is 1. The Bertz CT molecular complexity index is 1230. The van der Waals surface area contributed by atoms with Crippen molar-refractivity contribution in [2.24, 2.45) is 11.8 Å². The number of aliphatic hydroxyl groups is 1. The lowest BCUT2D eigenvalue weighted by Gasteiger charge is -2.43. The number of aliphatic hydroxyl groups excluding tert-OH is 1. The summed E-state index contributed by atoms with van der Waals surface area (Å²) in [5.41, 5.74) is 0.132. The van der Waals surface area contributed by atoms with Crippen molar-refractivity contribution in [2.75, 3.05) is 26.2 Å². The lowest BCUT2D eigenvalue weighted by atomic mass is 9.68. The number of hydrogen-bond acceptors (Lipinski definition) is 6. The maximum atomic E-state index is 15.5. The van der Waals surface area contributed by atoms with Crippen molar-refractivity contribution in [1.82, 2.24) is 4.90 Å². The number of ketones is 2. The van der Waals surface area contributed by atoms with Gasteiger partial charge in [0.15, 0.2) is 11.6 Å². The van der Waals surface area contributed by atoms with Crippen LogP contribution < -0.4 is 0 Å². The molecule has 0 saturated carbocycles. The van der Waals surface area contributed by atoms with Crippen LogP contribution in [-0.2, 0) is 0 Å². The van der Waals surface area contributed by atoms with Gasteiger partial charge in [0, 0.05) is 54.1 Å². The Balaban J connectivity index is 1.90. The number of likely N-dealkylation sites (tertiary alicyclic amines) is 1. The van der Waals surface area contributed by atoms with Gasteiger partial charge < -0.3 is 15.3 Å². The largest absolute Gasteiger partial charge is 0.508 e. The summed E-state index contributed by atoms with van der Waals surface area (Å²) in [6, 6.07) is 13.8. The van der Waals surface area contributed by atoms with Crippen LogP contribution in [0.4, 0.5) is 8.78 Å². The fourth-order valence-electron chi connectivity index (χ4n) is 5.09. The second-order valence-corrected chi connectivity index (χ2v) is 9.14. The minimum Gasteiger partial charge on any atom is -0.508 e. The van der Waals surface area contributed by atoms with E-state index in [1.165, 1.54) is 61.5 Å². The average molecular weight is 496 g/mol. The van der Waals surface area contributed by atoms with E-state index in [1.807, 2.05) is 0 Å². The Kier molecular flexibility index (Phi) is 7.47. The Morgan fingerprint density at radius 1 is 0.889 bits per heavy atom. The quantitative estimate of drug-likeness (QED) is 0.428. The highest BCUT2D eigenvalue weighted by Crippen LogP contribution is 2.43. The molecule has 1 aliphatic rings. The molecule has 0 spiro atoms. The summed E-state index contributed by atoms with van der Waals surface area (Å²) < 4.78 is 30.8. The molecule has 1 saturated heterocycles. The van der Waals surface area contributed by atoms with Gasteiger partial charge in [0.25, 0.3) is 0 Å². The SMILES string of the molecule is Cc1ccc(F)c(C2C(C(=O)c3cccc(O)c3)CN(CCO)CC2C(=O)c2cccc(O)c2)c1F. The van der Waals surface area contributed by atoms with Gasteiger partial charge in [-0.3, -0.25) is 14.5 Å². The van der Waals surface area contributed by atoms with Crippen LogP contribution in [-0.4, -0.2) is 58.0 Å². The van der Waals surface area contributed by atoms with Crippen LogP contribution in [0.5, 0.6) is 11.5 Å². The molecule has 0 radical (unpaired) electrons. The molecule has 2 atom stereocenters. The predicted molar refractivity (Wildman–Crippen MR) is 129 cm³/mol. The van der Waals surface area contributed by atoms with Gasteiger partial charge in [0.05, 0.1) is 6.61 Å². The van der Waals surface area contributed by atoms with E-state index in [-0.39, 0.29) is 60.0 Å². The van der Waals surface area contributed by atoms with Gasteiger partial charge in [-0.1, -0.05) is 30.3 Å². The average Bonchev–Trinajstić information content (AvgIpc) is 2.86. The number of benzene rings is 3. The van der Waals surface area contributed by atoms with Crippen molar-refractivity contribution < 1.29 is 33.7 Å². The first-order valence-electron chi connectivity index (χ1n) is 11.7. The molecule has 1 aliphatic heterocycles. The molecule has 36 heavy (non-hydrogen) atoms. The maximum absolute atomic E-state index is 15.5. The number of piperidine rings is 1. The van der Waals surface area contributed by atoms with Crippen molar-refractivity contribution in [3.63, 3.8) is 0 Å². The summed E-state index contributed by atoms with van der Waals surface area (Å²) in [5.74, 6) is -6.18. The highest BCUT2D eigenvalue weighted by atomic mass is 19.1. The van der Waals surface area contributed by atoms with E-state index in [0.717, 1.165) is 6.07 Å². The molecule has 0 amide bonds. The molecule has 3 N–H and O–H groups in total. The lowest BCUT2D eigenvalue weighted by Crippen LogP contribution is -2.51. The molecule has 0 aliphatic carbocycles. The Labute approximate surface area is 207 Å². The van der Waals surface area contributed by atoms with E-state index < -0.39 is 41.0 Å². The van der Waals surface area contributed by atoms with Crippen LogP contribution >= 0.6 is 0 Å². The third-order valence-corrected chi connectivity index (χ3v) is 6.78. The number of rotatable bonds is 7. The van der Waals surface area contributed by atoms with Crippen LogP contribution in [0.3, 0.4) is 0 Å². The van der Waals surface area contributed by atoms with E-state index in [9.17, 15) is 24.9 Å². The number of phenolic OH excluding ortho intramolecular Hbond substituents is 2. The fourth-order valence-corrected chi connectivity index (χ4v) is 5.09. The minimum absolute atomic E-state index is 0.0519. The molecular weight excluding hydrogens is 468 g/mol. The second kappa shape index (κ2) is 10.6. The van der Waals surface area contributed by atoms with Crippen LogP contribution in [0, 0.1) is 30.4 Å². The lowest BCUT2D eigenvalue weighted by molar-refractivity contribution is 0.0519. The Morgan fingerprint density at radius 3 is 1.89 bits per heavy atom. The molecule has 8 heteroatoms. The third kappa shape index (κ3) is 5.01. The highest BCUT2D eigenvalue weighted by molar-refractivity contribution is 6.02. The van der Waals surface area contributed by atoms with Gasteiger partial charge in [-0.25, -0.2) is 8.78 Å². The maximum Gasteiger partial charge on any atom is 0.168 e. The number of aryl methyl sites for hydroxylation is 1. The van der Waals surface area contributed by atoms with Gasteiger partial charge in [-0.2, -0.15) is 0 Å². The van der Waals surface area contributed by atoms with E-state index in [4.69, 9.17) is 0 Å². The smallest absolute Gasteiger partial charge is 0.168 e. The van der Waals surface area contributed by atoms with Gasteiger partial charge in [0.1, 0.15) is 23.1 Å². The zero-order valence-electron chi connectivity index (χ0n) is 19.7. The first-order valence-corrected chi connectivity index (χ1v) is 11.7. The molecular formula is C28H27F2NO5. The molecule has 0 bridgehead atoms. The van der Waals surface area contributed by atoms with Crippen LogP contribution in [0.15, 0.2) is 60.7 Å². The molecule has 3 aromatic carbocycles. The number of carbonyl (C=O) groups is 2. The number of hydrogen-bond donors (Lipinski definition) is 3. The van der Waals surface area contributed by atoms with Crippen molar-refractivity contribution in [2.45, 2.75) is 12.8 Å². The van der Waals surface area contributed by atoms with Crippen molar-refractivity contribution in [3.05, 3.63) is 94.6 Å². The van der Waals surface area contributed by atoms with Crippen LogP contribution in [0.2, 0.25) is 0 Å². The van der Waals surface area contributed by atoms with Gasteiger partial charge >= 0.3 is 0 Å². The zero-order chi connectivity index (χ0) is 26.0. The normalized spacial score (nSPS) is 20.3.